The van der Waals surface area contributed by atoms with E-state index in [0.29, 0.717) is 5.70 Å². The van der Waals surface area contributed by atoms with Gasteiger partial charge < -0.3 is 16.4 Å². The van der Waals surface area contributed by atoms with E-state index >= 15 is 0 Å². The molecular formula is C13H23N3O. The number of rotatable bonds is 3. The van der Waals surface area contributed by atoms with Gasteiger partial charge in [-0.05, 0) is 37.1 Å². The molecule has 0 spiro atoms. The lowest BCUT2D eigenvalue weighted by Gasteiger charge is -2.20. The van der Waals surface area contributed by atoms with Gasteiger partial charge in [-0.2, -0.15) is 0 Å². The lowest BCUT2D eigenvalue weighted by Crippen LogP contribution is -2.35. The van der Waals surface area contributed by atoms with E-state index < -0.39 is 0 Å². The third-order valence-corrected chi connectivity index (χ3v) is 3.10. The van der Waals surface area contributed by atoms with Gasteiger partial charge in [-0.25, -0.2) is 0 Å². The minimum absolute atomic E-state index is 0.0558. The van der Waals surface area contributed by atoms with Crippen molar-refractivity contribution in [2.75, 3.05) is 13.1 Å². The SMILES string of the molecule is CCC(=C/N)/C=C(\N)C(=O)N1CCCCCC1. The first-order valence-corrected chi connectivity index (χ1v) is 6.36. The molecule has 0 aromatic heterocycles. The van der Waals surface area contributed by atoms with Gasteiger partial charge in [-0.1, -0.05) is 19.8 Å². The van der Waals surface area contributed by atoms with Crippen molar-refractivity contribution in [1.29, 1.82) is 0 Å². The van der Waals surface area contributed by atoms with Gasteiger partial charge in [-0.15, -0.1) is 0 Å². The molecule has 4 heteroatoms. The van der Waals surface area contributed by atoms with Crippen LogP contribution in [0, 0.1) is 0 Å². The molecule has 0 unspecified atom stereocenters. The van der Waals surface area contributed by atoms with Gasteiger partial charge in [0.25, 0.3) is 5.91 Å². The van der Waals surface area contributed by atoms with E-state index in [1.165, 1.54) is 19.0 Å². The van der Waals surface area contributed by atoms with Crippen LogP contribution >= 0.6 is 0 Å². The van der Waals surface area contributed by atoms with Gasteiger partial charge in [0.05, 0.1) is 5.70 Å². The van der Waals surface area contributed by atoms with E-state index in [0.717, 1.165) is 37.9 Å². The summed E-state index contributed by atoms with van der Waals surface area (Å²) >= 11 is 0. The molecule has 0 saturated carbocycles. The molecule has 17 heavy (non-hydrogen) atoms. The minimum Gasteiger partial charge on any atom is -0.404 e. The smallest absolute Gasteiger partial charge is 0.269 e. The Bertz CT molecular complexity index is 313. The van der Waals surface area contributed by atoms with E-state index in [1.807, 2.05) is 11.8 Å². The second-order valence-electron chi connectivity index (χ2n) is 4.40. The Kier molecular flexibility index (Phi) is 5.60. The predicted molar refractivity (Wildman–Crippen MR) is 69.9 cm³/mol. The zero-order valence-corrected chi connectivity index (χ0v) is 10.6. The Morgan fingerprint density at radius 1 is 1.24 bits per heavy atom. The van der Waals surface area contributed by atoms with Crippen molar-refractivity contribution >= 4 is 5.91 Å². The van der Waals surface area contributed by atoms with Crippen LogP contribution in [0.4, 0.5) is 0 Å². The van der Waals surface area contributed by atoms with E-state index in [1.54, 1.807) is 6.08 Å². The van der Waals surface area contributed by atoms with Crippen LogP contribution in [0.15, 0.2) is 23.5 Å². The fraction of sp³-hybridized carbons (Fsp3) is 0.615. The van der Waals surface area contributed by atoms with Crippen LogP contribution in [0.3, 0.4) is 0 Å². The highest BCUT2D eigenvalue weighted by Crippen LogP contribution is 2.12. The molecular weight excluding hydrogens is 214 g/mol. The second-order valence-corrected chi connectivity index (χ2v) is 4.40. The zero-order valence-electron chi connectivity index (χ0n) is 10.6. The number of likely N-dealkylation sites (tertiary alicyclic amines) is 1. The first-order valence-electron chi connectivity index (χ1n) is 6.36. The predicted octanol–water partition coefficient (Wildman–Crippen LogP) is 1.48. The average molecular weight is 237 g/mol. The molecule has 1 amide bonds. The van der Waals surface area contributed by atoms with Crippen molar-refractivity contribution in [3.8, 4) is 0 Å². The zero-order chi connectivity index (χ0) is 12.7. The number of carbonyl (C=O) groups excluding carboxylic acids is 1. The maximum atomic E-state index is 12.1. The molecule has 4 nitrogen and oxygen atoms in total. The fourth-order valence-electron chi connectivity index (χ4n) is 1.99. The van der Waals surface area contributed by atoms with E-state index in [4.69, 9.17) is 11.5 Å². The molecule has 0 aromatic carbocycles. The molecule has 1 aliphatic rings. The number of carbonyl (C=O) groups is 1. The molecule has 0 aromatic rings. The maximum absolute atomic E-state index is 12.1. The first kappa shape index (κ1) is 13.6. The Hall–Kier alpha value is -1.45. The van der Waals surface area contributed by atoms with Crippen LogP contribution in [0.2, 0.25) is 0 Å². The lowest BCUT2D eigenvalue weighted by atomic mass is 10.2. The van der Waals surface area contributed by atoms with Gasteiger partial charge in [0.1, 0.15) is 0 Å². The van der Waals surface area contributed by atoms with E-state index in [-0.39, 0.29) is 5.91 Å². The molecule has 1 saturated heterocycles. The summed E-state index contributed by atoms with van der Waals surface area (Å²) in [5.74, 6) is -0.0558. The third kappa shape index (κ3) is 4.13. The quantitative estimate of drug-likeness (QED) is 0.577. The average Bonchev–Trinajstić information content (AvgIpc) is 2.63. The molecule has 1 fully saturated rings. The summed E-state index contributed by atoms with van der Waals surface area (Å²) in [5.41, 5.74) is 12.5. The summed E-state index contributed by atoms with van der Waals surface area (Å²) in [6, 6.07) is 0. The molecule has 96 valence electrons. The molecule has 0 bridgehead atoms. The van der Waals surface area contributed by atoms with E-state index in [9.17, 15) is 4.79 Å². The molecule has 1 aliphatic heterocycles. The normalized spacial score (nSPS) is 19.0. The van der Waals surface area contributed by atoms with E-state index in [2.05, 4.69) is 0 Å². The van der Waals surface area contributed by atoms with Gasteiger partial charge in [0.2, 0.25) is 0 Å². The topological polar surface area (TPSA) is 72.3 Å². The number of nitrogens with two attached hydrogens (primary N) is 2. The number of hydrogen-bond acceptors (Lipinski definition) is 3. The minimum atomic E-state index is -0.0558. The van der Waals surface area contributed by atoms with Crippen LogP contribution in [0.5, 0.6) is 0 Å². The number of amides is 1. The molecule has 0 aliphatic carbocycles. The van der Waals surface area contributed by atoms with Crippen LogP contribution in [0.25, 0.3) is 0 Å². The van der Waals surface area contributed by atoms with Crippen LogP contribution < -0.4 is 11.5 Å². The number of allylic oxidation sites excluding steroid dienone is 2. The van der Waals surface area contributed by atoms with Gasteiger partial charge in [-0.3, -0.25) is 4.79 Å². The summed E-state index contributed by atoms with van der Waals surface area (Å²) in [6.07, 6.45) is 8.53. The van der Waals surface area contributed by atoms with Gasteiger partial charge in [0, 0.05) is 13.1 Å². The highest BCUT2D eigenvalue weighted by Gasteiger charge is 2.17. The summed E-state index contributed by atoms with van der Waals surface area (Å²) in [7, 11) is 0. The second kappa shape index (κ2) is 6.99. The summed E-state index contributed by atoms with van der Waals surface area (Å²) in [6.45, 7) is 3.63. The van der Waals surface area contributed by atoms with Crippen molar-refractivity contribution in [3.63, 3.8) is 0 Å². The molecule has 0 radical (unpaired) electrons. The van der Waals surface area contributed by atoms with Crippen molar-refractivity contribution in [1.82, 2.24) is 4.90 Å². The fourth-order valence-corrected chi connectivity index (χ4v) is 1.99. The molecule has 1 heterocycles. The Morgan fingerprint density at radius 2 is 1.82 bits per heavy atom. The number of nitrogens with zero attached hydrogens (tertiary/aromatic N) is 1. The van der Waals surface area contributed by atoms with Crippen LogP contribution in [-0.2, 0) is 4.79 Å². The number of hydrogen-bond donors (Lipinski definition) is 2. The summed E-state index contributed by atoms with van der Waals surface area (Å²) in [5, 5.41) is 0. The van der Waals surface area contributed by atoms with Gasteiger partial charge >= 0.3 is 0 Å². The Morgan fingerprint density at radius 3 is 2.29 bits per heavy atom. The van der Waals surface area contributed by atoms with Crippen molar-refractivity contribution in [3.05, 3.63) is 23.5 Å². The summed E-state index contributed by atoms with van der Waals surface area (Å²) in [4.78, 5) is 13.9. The lowest BCUT2D eigenvalue weighted by molar-refractivity contribution is -0.127. The largest absolute Gasteiger partial charge is 0.404 e. The van der Waals surface area contributed by atoms with Crippen LogP contribution in [-0.4, -0.2) is 23.9 Å². The van der Waals surface area contributed by atoms with Crippen LogP contribution in [0.1, 0.15) is 39.0 Å². The van der Waals surface area contributed by atoms with Gasteiger partial charge in [0.15, 0.2) is 0 Å². The Balaban J connectivity index is 2.67. The molecule has 0 atom stereocenters. The monoisotopic (exact) mass is 237 g/mol. The highest BCUT2D eigenvalue weighted by atomic mass is 16.2. The molecule has 1 rings (SSSR count). The Labute approximate surface area is 103 Å². The van der Waals surface area contributed by atoms with Crippen molar-refractivity contribution in [2.45, 2.75) is 39.0 Å². The third-order valence-electron chi connectivity index (χ3n) is 3.10. The standard InChI is InChI=1S/C13H23N3O/c1-2-11(10-14)9-12(15)13(17)16-7-5-3-4-6-8-16/h9-10H,2-8,14-15H2,1H3/b11-10-,12-9-. The maximum Gasteiger partial charge on any atom is 0.269 e. The summed E-state index contributed by atoms with van der Waals surface area (Å²) < 4.78 is 0. The first-order chi connectivity index (χ1) is 8.19. The molecule has 4 N–H and O–H groups in total. The van der Waals surface area contributed by atoms with Crippen molar-refractivity contribution in [2.24, 2.45) is 11.5 Å². The van der Waals surface area contributed by atoms with Crippen molar-refractivity contribution < 1.29 is 4.79 Å². The highest BCUT2D eigenvalue weighted by molar-refractivity contribution is 5.93.